The van der Waals surface area contributed by atoms with Gasteiger partial charge in [-0.1, -0.05) is 108 Å². The van der Waals surface area contributed by atoms with E-state index in [-0.39, 0.29) is 28.3 Å². The molecule has 0 fully saturated rings. The summed E-state index contributed by atoms with van der Waals surface area (Å²) in [5, 5.41) is 11.8. The summed E-state index contributed by atoms with van der Waals surface area (Å²) in [7, 11) is 0. The van der Waals surface area contributed by atoms with Crippen LogP contribution in [0.5, 0.6) is 5.75 Å². The Morgan fingerprint density at radius 1 is 0.967 bits per heavy atom. The lowest BCUT2D eigenvalue weighted by atomic mass is 9.73. The number of hydrogen-bond donors (Lipinski definition) is 1. The quantitative estimate of drug-likeness (QED) is 0.528. The third kappa shape index (κ3) is 4.54. The minimum atomic E-state index is -0.473. The first kappa shape index (κ1) is 22.4. The van der Waals surface area contributed by atoms with Gasteiger partial charge in [0.25, 0.3) is 0 Å². The highest BCUT2D eigenvalue weighted by Crippen LogP contribution is 2.45. The molecule has 0 bridgehead atoms. The van der Waals surface area contributed by atoms with E-state index in [2.05, 4.69) is 53.7 Å². The van der Waals surface area contributed by atoms with Crippen molar-refractivity contribution in [1.82, 2.24) is 0 Å². The molecule has 0 saturated carbocycles. The number of allylic oxidation sites excluding steroid dienone is 4. The third-order valence-corrected chi connectivity index (χ3v) is 5.97. The van der Waals surface area contributed by atoms with Gasteiger partial charge in [0, 0.05) is 22.1 Å². The minimum Gasteiger partial charge on any atom is -0.507 e. The van der Waals surface area contributed by atoms with E-state index >= 15 is 0 Å². The van der Waals surface area contributed by atoms with Gasteiger partial charge in [0.2, 0.25) is 0 Å². The van der Waals surface area contributed by atoms with Crippen molar-refractivity contribution in [1.29, 1.82) is 0 Å². The molecule has 1 aliphatic rings. The van der Waals surface area contributed by atoms with Gasteiger partial charge in [-0.3, -0.25) is 4.79 Å². The SMILES string of the molecule is CC(C)(C)c1cc(C2C=CC(Cl)=CC2C(=O)c2ccccc2)c(O)c(C(C)(C)C)c1. The second-order valence-electron chi connectivity index (χ2n) is 10.2. The van der Waals surface area contributed by atoms with Crippen LogP contribution in [0.15, 0.2) is 65.7 Å². The van der Waals surface area contributed by atoms with Gasteiger partial charge >= 0.3 is 0 Å². The van der Waals surface area contributed by atoms with Crippen molar-refractivity contribution in [3.8, 4) is 5.75 Å². The Morgan fingerprint density at radius 2 is 1.60 bits per heavy atom. The zero-order chi connectivity index (χ0) is 22.3. The van der Waals surface area contributed by atoms with E-state index in [1.165, 1.54) is 0 Å². The fourth-order valence-electron chi connectivity index (χ4n) is 3.89. The molecule has 0 saturated heterocycles. The number of carbonyl (C=O) groups is 1. The van der Waals surface area contributed by atoms with Gasteiger partial charge in [0.05, 0.1) is 5.92 Å². The Balaban J connectivity index is 2.19. The smallest absolute Gasteiger partial charge is 0.170 e. The first-order valence-corrected chi connectivity index (χ1v) is 10.8. The monoisotopic (exact) mass is 422 g/mol. The molecular formula is C27H31ClO2. The molecule has 3 heteroatoms. The van der Waals surface area contributed by atoms with Crippen molar-refractivity contribution in [3.05, 3.63) is 88.0 Å². The summed E-state index contributed by atoms with van der Waals surface area (Å²) in [5.41, 5.74) is 3.13. The summed E-state index contributed by atoms with van der Waals surface area (Å²) in [6.45, 7) is 12.8. The third-order valence-electron chi connectivity index (χ3n) is 5.72. The average molecular weight is 423 g/mol. The number of carbonyl (C=O) groups excluding carboxylic acids is 1. The number of Topliss-reactive ketones (excluding diaryl/α,β-unsaturated/α-hetero) is 1. The highest BCUT2D eigenvalue weighted by molar-refractivity contribution is 6.31. The van der Waals surface area contributed by atoms with Crippen LogP contribution in [0.1, 0.15) is 74.5 Å². The molecule has 2 aromatic rings. The molecule has 0 radical (unpaired) electrons. The highest BCUT2D eigenvalue weighted by Gasteiger charge is 2.34. The van der Waals surface area contributed by atoms with E-state index in [0.29, 0.717) is 10.6 Å². The lowest BCUT2D eigenvalue weighted by Crippen LogP contribution is -2.24. The van der Waals surface area contributed by atoms with E-state index in [0.717, 1.165) is 16.7 Å². The number of halogens is 1. The number of hydrogen-bond acceptors (Lipinski definition) is 2. The van der Waals surface area contributed by atoms with Crippen LogP contribution in [-0.2, 0) is 10.8 Å². The Labute approximate surface area is 185 Å². The van der Waals surface area contributed by atoms with Gasteiger partial charge < -0.3 is 5.11 Å². The molecule has 1 aliphatic carbocycles. The van der Waals surface area contributed by atoms with Gasteiger partial charge in [-0.05, 0) is 28.0 Å². The van der Waals surface area contributed by atoms with E-state index in [4.69, 9.17) is 11.6 Å². The van der Waals surface area contributed by atoms with E-state index in [1.54, 1.807) is 0 Å². The molecule has 0 spiro atoms. The molecule has 158 valence electrons. The van der Waals surface area contributed by atoms with Crippen molar-refractivity contribution in [3.63, 3.8) is 0 Å². The molecule has 0 aromatic heterocycles. The molecule has 2 nitrogen and oxygen atoms in total. The van der Waals surface area contributed by atoms with Crippen molar-refractivity contribution in [2.75, 3.05) is 0 Å². The summed E-state index contributed by atoms with van der Waals surface area (Å²) < 4.78 is 0. The van der Waals surface area contributed by atoms with Crippen LogP contribution in [0.25, 0.3) is 0 Å². The normalized spacial score (nSPS) is 19.5. The fraction of sp³-hybridized carbons (Fsp3) is 0.370. The number of ketones is 1. The van der Waals surface area contributed by atoms with Crippen molar-refractivity contribution in [2.24, 2.45) is 5.92 Å². The Kier molecular flexibility index (Phi) is 6.02. The van der Waals surface area contributed by atoms with Gasteiger partial charge in [0.1, 0.15) is 5.75 Å². The van der Waals surface area contributed by atoms with Crippen LogP contribution in [0.2, 0.25) is 0 Å². The van der Waals surface area contributed by atoms with Gasteiger partial charge in [-0.2, -0.15) is 0 Å². The second-order valence-corrected chi connectivity index (χ2v) is 10.6. The van der Waals surface area contributed by atoms with E-state index in [1.807, 2.05) is 48.6 Å². The van der Waals surface area contributed by atoms with Crippen LogP contribution in [0.4, 0.5) is 0 Å². The standard InChI is InChI=1S/C27H31ClO2/c1-26(2,3)18-14-21(25(30)23(15-18)27(4,5)6)20-13-12-19(28)16-22(20)24(29)17-10-8-7-9-11-17/h7-16,20,22,30H,1-6H3. The summed E-state index contributed by atoms with van der Waals surface area (Å²) in [6.07, 6.45) is 5.57. The molecule has 2 aromatic carbocycles. The van der Waals surface area contributed by atoms with Crippen molar-refractivity contribution >= 4 is 17.4 Å². The lowest BCUT2D eigenvalue weighted by molar-refractivity contribution is 0.0936. The van der Waals surface area contributed by atoms with Crippen LogP contribution >= 0.6 is 11.6 Å². The minimum absolute atomic E-state index is 0.000899. The topological polar surface area (TPSA) is 37.3 Å². The largest absolute Gasteiger partial charge is 0.507 e. The first-order valence-electron chi connectivity index (χ1n) is 10.4. The van der Waals surface area contributed by atoms with E-state index in [9.17, 15) is 9.90 Å². The predicted octanol–water partition coefficient (Wildman–Crippen LogP) is 7.26. The second kappa shape index (κ2) is 8.07. The van der Waals surface area contributed by atoms with Gasteiger partial charge in [0.15, 0.2) is 5.78 Å². The van der Waals surface area contributed by atoms with Crippen LogP contribution in [-0.4, -0.2) is 10.9 Å². The zero-order valence-corrected chi connectivity index (χ0v) is 19.4. The Morgan fingerprint density at radius 3 is 2.17 bits per heavy atom. The molecule has 30 heavy (non-hydrogen) atoms. The molecule has 3 rings (SSSR count). The Hall–Kier alpha value is -2.32. The average Bonchev–Trinajstić information content (AvgIpc) is 2.66. The Bertz CT molecular complexity index is 1000. The number of phenolic OH excluding ortho intramolecular Hbond substituents is 1. The maximum Gasteiger partial charge on any atom is 0.170 e. The molecule has 0 amide bonds. The number of phenols is 1. The molecule has 0 aliphatic heterocycles. The van der Waals surface area contributed by atoms with Crippen molar-refractivity contribution in [2.45, 2.75) is 58.3 Å². The van der Waals surface area contributed by atoms with Crippen LogP contribution in [0, 0.1) is 5.92 Å². The molecule has 1 N–H and O–H groups in total. The summed E-state index contributed by atoms with van der Waals surface area (Å²) in [5.74, 6) is -0.495. The lowest BCUT2D eigenvalue weighted by Gasteiger charge is -2.31. The molecular weight excluding hydrogens is 392 g/mol. The zero-order valence-electron chi connectivity index (χ0n) is 18.7. The van der Waals surface area contributed by atoms with Gasteiger partial charge in [-0.25, -0.2) is 0 Å². The number of rotatable bonds is 3. The van der Waals surface area contributed by atoms with Gasteiger partial charge in [-0.15, -0.1) is 0 Å². The fourth-order valence-corrected chi connectivity index (χ4v) is 4.10. The van der Waals surface area contributed by atoms with Crippen molar-refractivity contribution < 1.29 is 9.90 Å². The maximum absolute atomic E-state index is 13.4. The molecule has 0 heterocycles. The van der Waals surface area contributed by atoms with Crippen LogP contribution in [0.3, 0.4) is 0 Å². The molecule has 2 atom stereocenters. The predicted molar refractivity (Wildman–Crippen MR) is 126 cm³/mol. The summed E-state index contributed by atoms with van der Waals surface area (Å²) >= 11 is 6.30. The molecule has 2 unspecified atom stereocenters. The highest BCUT2D eigenvalue weighted by atomic mass is 35.5. The van der Waals surface area contributed by atoms with Crippen LogP contribution < -0.4 is 0 Å². The maximum atomic E-state index is 13.4. The first-order chi connectivity index (χ1) is 13.9. The summed E-state index contributed by atoms with van der Waals surface area (Å²) in [6, 6.07) is 13.4. The number of benzene rings is 2. The van der Waals surface area contributed by atoms with E-state index < -0.39 is 5.92 Å². The summed E-state index contributed by atoms with van der Waals surface area (Å²) in [4.78, 5) is 13.4. The number of aromatic hydroxyl groups is 1.